The van der Waals surface area contributed by atoms with Gasteiger partial charge in [-0.1, -0.05) is 15.9 Å². The minimum absolute atomic E-state index is 0.116. The van der Waals surface area contributed by atoms with Gasteiger partial charge in [0.2, 0.25) is 0 Å². The van der Waals surface area contributed by atoms with Crippen LogP contribution in [0.2, 0.25) is 0 Å². The maximum atomic E-state index is 12.7. The number of ether oxygens (including phenoxy) is 3. The first-order chi connectivity index (χ1) is 14.9. The maximum absolute atomic E-state index is 12.7. The van der Waals surface area contributed by atoms with Crippen LogP contribution in [0.1, 0.15) is 20.7 Å². The van der Waals surface area contributed by atoms with Crippen LogP contribution in [0.4, 0.5) is 5.69 Å². The van der Waals surface area contributed by atoms with Crippen LogP contribution in [0.3, 0.4) is 0 Å². The normalized spacial score (nSPS) is 10.3. The molecular formula is C21H24BrN3O5S. The van der Waals surface area contributed by atoms with E-state index in [0.29, 0.717) is 48.9 Å². The standard InChI is InChI=1S/C21H24BrN3O5S/c1-28-10-9-23-19(26)14-3-6-16(7-4-14)24-21(31)25-20(27)17-13-15(22)5-8-18(17)30-12-11-29-2/h3-8,13H,9-12H2,1-2H3,(H,23,26)(H2,24,25,27,31). The molecule has 8 nitrogen and oxygen atoms in total. The number of amides is 2. The molecule has 0 aliphatic rings. The molecule has 2 rings (SSSR count). The van der Waals surface area contributed by atoms with E-state index in [1.165, 1.54) is 0 Å². The van der Waals surface area contributed by atoms with Crippen molar-refractivity contribution in [1.29, 1.82) is 0 Å². The number of methoxy groups -OCH3 is 2. The zero-order valence-corrected chi connectivity index (χ0v) is 19.6. The van der Waals surface area contributed by atoms with Crippen LogP contribution in [0.5, 0.6) is 5.75 Å². The summed E-state index contributed by atoms with van der Waals surface area (Å²) in [5.74, 6) is -0.195. The number of carbonyl (C=O) groups excluding carboxylic acids is 2. The number of carbonyl (C=O) groups is 2. The highest BCUT2D eigenvalue weighted by Gasteiger charge is 2.15. The molecule has 2 aromatic carbocycles. The fourth-order valence-electron chi connectivity index (χ4n) is 2.45. The molecule has 0 saturated carbocycles. The first kappa shape index (κ1) is 24.7. The third-order valence-corrected chi connectivity index (χ3v) is 4.65. The third kappa shape index (κ3) is 8.25. The van der Waals surface area contributed by atoms with E-state index in [2.05, 4.69) is 31.9 Å². The van der Waals surface area contributed by atoms with Gasteiger partial charge < -0.3 is 24.8 Å². The Hall–Kier alpha value is -2.53. The van der Waals surface area contributed by atoms with Crippen molar-refractivity contribution in [2.75, 3.05) is 45.9 Å². The quantitative estimate of drug-likeness (QED) is 0.334. The number of nitrogens with one attached hydrogen (secondary N) is 3. The SMILES string of the molecule is COCCNC(=O)c1ccc(NC(=S)NC(=O)c2cc(Br)ccc2OCCOC)cc1. The van der Waals surface area contributed by atoms with Crippen LogP contribution < -0.4 is 20.7 Å². The molecule has 0 unspecified atom stereocenters. The van der Waals surface area contributed by atoms with E-state index < -0.39 is 5.91 Å². The molecule has 0 aromatic heterocycles. The number of hydrogen-bond donors (Lipinski definition) is 3. The molecule has 0 spiro atoms. The molecular weight excluding hydrogens is 486 g/mol. The van der Waals surface area contributed by atoms with E-state index in [-0.39, 0.29) is 11.0 Å². The molecule has 31 heavy (non-hydrogen) atoms. The molecule has 0 fully saturated rings. The molecule has 0 heterocycles. The molecule has 166 valence electrons. The van der Waals surface area contributed by atoms with Crippen molar-refractivity contribution in [2.24, 2.45) is 0 Å². The molecule has 0 radical (unpaired) electrons. The van der Waals surface area contributed by atoms with Crippen molar-refractivity contribution >= 4 is 50.8 Å². The summed E-state index contributed by atoms with van der Waals surface area (Å²) in [5.41, 5.74) is 1.46. The number of hydrogen-bond acceptors (Lipinski definition) is 6. The Morgan fingerprint density at radius 3 is 2.35 bits per heavy atom. The zero-order valence-electron chi connectivity index (χ0n) is 17.2. The number of rotatable bonds is 10. The van der Waals surface area contributed by atoms with Gasteiger partial charge in [-0.15, -0.1) is 0 Å². The van der Waals surface area contributed by atoms with Crippen molar-refractivity contribution in [3.05, 3.63) is 58.1 Å². The first-order valence-corrected chi connectivity index (χ1v) is 10.6. The van der Waals surface area contributed by atoms with Crippen LogP contribution >= 0.6 is 28.1 Å². The predicted octanol–water partition coefficient (Wildman–Crippen LogP) is 2.98. The predicted molar refractivity (Wildman–Crippen MR) is 126 cm³/mol. The number of halogens is 1. The summed E-state index contributed by atoms with van der Waals surface area (Å²) in [6.07, 6.45) is 0. The molecule has 0 bridgehead atoms. The molecule has 0 atom stereocenters. The highest BCUT2D eigenvalue weighted by Crippen LogP contribution is 2.23. The maximum Gasteiger partial charge on any atom is 0.261 e. The summed E-state index contributed by atoms with van der Waals surface area (Å²) in [4.78, 5) is 24.7. The Kier molecular flexibility index (Phi) is 10.4. The minimum Gasteiger partial charge on any atom is -0.490 e. The lowest BCUT2D eigenvalue weighted by Crippen LogP contribution is -2.34. The van der Waals surface area contributed by atoms with Gasteiger partial charge in [0.15, 0.2) is 5.11 Å². The van der Waals surface area contributed by atoms with Gasteiger partial charge in [-0.25, -0.2) is 0 Å². The van der Waals surface area contributed by atoms with E-state index in [1.54, 1.807) is 56.7 Å². The number of benzene rings is 2. The number of anilines is 1. The van der Waals surface area contributed by atoms with E-state index in [1.807, 2.05) is 0 Å². The summed E-state index contributed by atoms with van der Waals surface area (Å²) in [6, 6.07) is 11.8. The molecule has 10 heteroatoms. The highest BCUT2D eigenvalue weighted by atomic mass is 79.9. The van der Waals surface area contributed by atoms with Crippen molar-refractivity contribution in [3.8, 4) is 5.75 Å². The van der Waals surface area contributed by atoms with Crippen LogP contribution in [0.25, 0.3) is 0 Å². The molecule has 3 N–H and O–H groups in total. The van der Waals surface area contributed by atoms with Gasteiger partial charge in [0.25, 0.3) is 11.8 Å². The lowest BCUT2D eigenvalue weighted by molar-refractivity contribution is 0.0935. The highest BCUT2D eigenvalue weighted by molar-refractivity contribution is 9.10. The van der Waals surface area contributed by atoms with E-state index in [9.17, 15) is 9.59 Å². The second-order valence-corrected chi connectivity index (χ2v) is 7.54. The second-order valence-electron chi connectivity index (χ2n) is 6.22. The summed E-state index contributed by atoms with van der Waals surface area (Å²) < 4.78 is 16.2. The van der Waals surface area contributed by atoms with Crippen LogP contribution in [-0.4, -0.2) is 57.5 Å². The van der Waals surface area contributed by atoms with E-state index in [4.69, 9.17) is 26.4 Å². The van der Waals surface area contributed by atoms with Gasteiger partial charge in [0.05, 0.1) is 18.8 Å². The van der Waals surface area contributed by atoms with E-state index in [0.717, 1.165) is 4.47 Å². The van der Waals surface area contributed by atoms with Crippen molar-refractivity contribution in [2.45, 2.75) is 0 Å². The van der Waals surface area contributed by atoms with Gasteiger partial charge in [0.1, 0.15) is 12.4 Å². The van der Waals surface area contributed by atoms with Crippen LogP contribution in [0.15, 0.2) is 46.9 Å². The molecule has 0 aliphatic carbocycles. The summed E-state index contributed by atoms with van der Waals surface area (Å²) >= 11 is 8.60. The average Bonchev–Trinajstić information content (AvgIpc) is 2.75. The third-order valence-electron chi connectivity index (χ3n) is 3.96. The Morgan fingerprint density at radius 1 is 0.968 bits per heavy atom. The fraction of sp³-hybridized carbons (Fsp3) is 0.286. The smallest absolute Gasteiger partial charge is 0.261 e. The topological polar surface area (TPSA) is 97.9 Å². The molecule has 2 amide bonds. The van der Waals surface area contributed by atoms with Gasteiger partial charge in [-0.3, -0.25) is 14.9 Å². The largest absolute Gasteiger partial charge is 0.490 e. The van der Waals surface area contributed by atoms with Crippen molar-refractivity contribution in [3.63, 3.8) is 0 Å². The van der Waals surface area contributed by atoms with Gasteiger partial charge in [0, 0.05) is 36.5 Å². The van der Waals surface area contributed by atoms with Crippen molar-refractivity contribution in [1.82, 2.24) is 10.6 Å². The monoisotopic (exact) mass is 509 g/mol. The summed E-state index contributed by atoms with van der Waals surface area (Å²) in [5, 5.41) is 8.41. The van der Waals surface area contributed by atoms with Gasteiger partial charge in [-0.05, 0) is 54.7 Å². The lowest BCUT2D eigenvalue weighted by Gasteiger charge is -2.13. The Morgan fingerprint density at radius 2 is 1.68 bits per heavy atom. The fourth-order valence-corrected chi connectivity index (χ4v) is 3.02. The second kappa shape index (κ2) is 13.0. The average molecular weight is 510 g/mol. The molecule has 0 saturated heterocycles. The van der Waals surface area contributed by atoms with Gasteiger partial charge in [-0.2, -0.15) is 0 Å². The summed E-state index contributed by atoms with van der Waals surface area (Å²) in [7, 11) is 3.14. The minimum atomic E-state index is -0.416. The molecule has 2 aromatic rings. The molecule has 0 aliphatic heterocycles. The van der Waals surface area contributed by atoms with Crippen LogP contribution in [-0.2, 0) is 9.47 Å². The number of thiocarbonyl (C=S) groups is 1. The Bertz CT molecular complexity index is 908. The van der Waals surface area contributed by atoms with E-state index >= 15 is 0 Å². The Balaban J connectivity index is 1.96. The van der Waals surface area contributed by atoms with Gasteiger partial charge >= 0.3 is 0 Å². The summed E-state index contributed by atoms with van der Waals surface area (Å²) in [6.45, 7) is 1.58. The van der Waals surface area contributed by atoms with Crippen molar-refractivity contribution < 1.29 is 23.8 Å². The van der Waals surface area contributed by atoms with Crippen LogP contribution in [0, 0.1) is 0 Å². The Labute approximate surface area is 194 Å². The lowest BCUT2D eigenvalue weighted by atomic mass is 10.2. The zero-order chi connectivity index (χ0) is 22.6. The first-order valence-electron chi connectivity index (χ1n) is 9.35.